The molecule has 0 N–H and O–H groups in total. The van der Waals surface area contributed by atoms with Crippen LogP contribution in [0.15, 0.2) is 12.1 Å². The maximum Gasteiger partial charge on any atom is 0.161 e. The van der Waals surface area contributed by atoms with E-state index in [9.17, 15) is 9.18 Å². The summed E-state index contributed by atoms with van der Waals surface area (Å²) in [6.45, 7) is 5.03. The topological polar surface area (TPSA) is 23.6 Å². The standard InChI is InChI=1S/C15H21FN2O/c1-10-7-15(13(11(2)19)8-14(10)16)18-6-5-12(9-18)17(3)4/h7-8,12H,5-6,9H2,1-4H3. The predicted molar refractivity (Wildman–Crippen MR) is 75.4 cm³/mol. The molecule has 1 aliphatic rings. The average Bonchev–Trinajstić information content (AvgIpc) is 2.81. The number of ketones is 1. The molecule has 0 saturated carbocycles. The molecule has 0 aliphatic carbocycles. The second-order valence-corrected chi connectivity index (χ2v) is 5.53. The highest BCUT2D eigenvalue weighted by molar-refractivity contribution is 6.00. The summed E-state index contributed by atoms with van der Waals surface area (Å²) in [6, 6.07) is 3.66. The number of hydrogen-bond acceptors (Lipinski definition) is 3. The highest BCUT2D eigenvalue weighted by Gasteiger charge is 2.26. The number of benzene rings is 1. The van der Waals surface area contributed by atoms with Crippen molar-refractivity contribution in [2.45, 2.75) is 26.3 Å². The van der Waals surface area contributed by atoms with Gasteiger partial charge in [-0.2, -0.15) is 0 Å². The number of carbonyl (C=O) groups is 1. The molecule has 0 spiro atoms. The summed E-state index contributed by atoms with van der Waals surface area (Å²) >= 11 is 0. The number of likely N-dealkylation sites (N-methyl/N-ethyl adjacent to an activating group) is 1. The van der Waals surface area contributed by atoms with Crippen LogP contribution in [-0.4, -0.2) is 43.9 Å². The third-order valence-corrected chi connectivity index (χ3v) is 3.89. The molecule has 1 aromatic carbocycles. The minimum atomic E-state index is -0.308. The van der Waals surface area contributed by atoms with Crippen LogP contribution < -0.4 is 4.90 Å². The van der Waals surface area contributed by atoms with Crippen LogP contribution in [0.1, 0.15) is 29.3 Å². The number of aryl methyl sites for hydroxylation is 1. The van der Waals surface area contributed by atoms with Crippen molar-refractivity contribution in [2.75, 3.05) is 32.1 Å². The molecule has 3 nitrogen and oxygen atoms in total. The highest BCUT2D eigenvalue weighted by atomic mass is 19.1. The van der Waals surface area contributed by atoms with Gasteiger partial charge in [-0.15, -0.1) is 0 Å². The lowest BCUT2D eigenvalue weighted by atomic mass is 10.1. The summed E-state index contributed by atoms with van der Waals surface area (Å²) in [5.74, 6) is -0.389. The van der Waals surface area contributed by atoms with Crippen LogP contribution in [-0.2, 0) is 0 Å². The van der Waals surface area contributed by atoms with Crippen molar-refractivity contribution in [3.8, 4) is 0 Å². The lowest BCUT2D eigenvalue weighted by Crippen LogP contribution is -2.32. The van der Waals surface area contributed by atoms with Crippen LogP contribution in [0, 0.1) is 12.7 Å². The summed E-state index contributed by atoms with van der Waals surface area (Å²) < 4.78 is 13.6. The number of carbonyl (C=O) groups excluding carboxylic acids is 1. The Morgan fingerprint density at radius 2 is 2.11 bits per heavy atom. The van der Waals surface area contributed by atoms with Crippen LogP contribution >= 0.6 is 0 Å². The molecule has 1 unspecified atom stereocenters. The summed E-state index contributed by atoms with van der Waals surface area (Å²) in [4.78, 5) is 16.1. The summed E-state index contributed by atoms with van der Waals surface area (Å²) in [5.41, 5.74) is 1.95. The van der Waals surface area contributed by atoms with Crippen molar-refractivity contribution < 1.29 is 9.18 Å². The second-order valence-electron chi connectivity index (χ2n) is 5.53. The molecule has 104 valence electrons. The van der Waals surface area contributed by atoms with E-state index in [4.69, 9.17) is 0 Å². The Morgan fingerprint density at radius 1 is 1.42 bits per heavy atom. The van der Waals surface area contributed by atoms with Crippen molar-refractivity contribution in [1.82, 2.24) is 4.90 Å². The van der Waals surface area contributed by atoms with Crippen molar-refractivity contribution in [1.29, 1.82) is 0 Å². The van der Waals surface area contributed by atoms with Crippen molar-refractivity contribution >= 4 is 11.5 Å². The summed E-state index contributed by atoms with van der Waals surface area (Å²) in [7, 11) is 4.13. The highest BCUT2D eigenvalue weighted by Crippen LogP contribution is 2.28. The third kappa shape index (κ3) is 2.78. The van der Waals surface area contributed by atoms with Crippen molar-refractivity contribution in [2.24, 2.45) is 0 Å². The molecule has 1 saturated heterocycles. The van der Waals surface area contributed by atoms with Gasteiger partial charge >= 0.3 is 0 Å². The molecule has 1 aliphatic heterocycles. The van der Waals surface area contributed by atoms with Crippen molar-refractivity contribution in [3.63, 3.8) is 0 Å². The van der Waals surface area contributed by atoms with Gasteiger partial charge in [-0.3, -0.25) is 4.79 Å². The average molecular weight is 264 g/mol. The van der Waals surface area contributed by atoms with Crippen LogP contribution in [0.4, 0.5) is 10.1 Å². The van der Waals surface area contributed by atoms with Gasteiger partial charge in [0.15, 0.2) is 5.78 Å². The largest absolute Gasteiger partial charge is 0.369 e. The van der Waals surface area contributed by atoms with Gasteiger partial charge < -0.3 is 9.80 Å². The number of hydrogen-bond donors (Lipinski definition) is 0. The molecule has 0 radical (unpaired) electrons. The Balaban J connectivity index is 2.34. The summed E-state index contributed by atoms with van der Waals surface area (Å²) in [5, 5.41) is 0. The van der Waals surface area contributed by atoms with Gasteiger partial charge in [0.25, 0.3) is 0 Å². The fourth-order valence-electron chi connectivity index (χ4n) is 2.59. The molecular formula is C15H21FN2O. The van der Waals surface area contributed by atoms with Crippen LogP contribution in [0.3, 0.4) is 0 Å². The van der Waals surface area contributed by atoms with E-state index in [-0.39, 0.29) is 11.6 Å². The second kappa shape index (κ2) is 5.29. The van der Waals surface area contributed by atoms with E-state index >= 15 is 0 Å². The van der Waals surface area contributed by atoms with Crippen LogP contribution in [0.2, 0.25) is 0 Å². The first-order chi connectivity index (χ1) is 8.90. The smallest absolute Gasteiger partial charge is 0.161 e. The Bertz CT molecular complexity index is 499. The van der Waals surface area contributed by atoms with Gasteiger partial charge in [-0.1, -0.05) is 0 Å². The zero-order valence-electron chi connectivity index (χ0n) is 12.0. The van der Waals surface area contributed by atoms with Crippen molar-refractivity contribution in [3.05, 3.63) is 29.1 Å². The number of rotatable bonds is 3. The molecule has 1 atom stereocenters. The van der Waals surface area contributed by atoms with E-state index < -0.39 is 0 Å². The number of halogens is 1. The first-order valence-corrected chi connectivity index (χ1v) is 6.62. The van der Waals surface area contributed by atoms with Gasteiger partial charge in [-0.25, -0.2) is 4.39 Å². The minimum absolute atomic E-state index is 0.0813. The van der Waals surface area contributed by atoms with E-state index in [0.717, 1.165) is 25.2 Å². The zero-order valence-corrected chi connectivity index (χ0v) is 12.0. The SMILES string of the molecule is CC(=O)c1cc(F)c(C)cc1N1CCC(N(C)C)C1. The monoisotopic (exact) mass is 264 g/mol. The van der Waals surface area contributed by atoms with Gasteiger partial charge in [0.05, 0.1) is 0 Å². The Hall–Kier alpha value is -1.42. The quantitative estimate of drug-likeness (QED) is 0.784. The summed E-state index contributed by atoms with van der Waals surface area (Å²) in [6.07, 6.45) is 1.07. The fraction of sp³-hybridized carbons (Fsp3) is 0.533. The first-order valence-electron chi connectivity index (χ1n) is 6.62. The van der Waals surface area contributed by atoms with E-state index in [1.165, 1.54) is 13.0 Å². The van der Waals surface area contributed by atoms with E-state index in [2.05, 4.69) is 23.9 Å². The molecule has 4 heteroatoms. The van der Waals surface area contributed by atoms with Gasteiger partial charge in [0.1, 0.15) is 5.82 Å². The molecule has 0 aromatic heterocycles. The molecule has 19 heavy (non-hydrogen) atoms. The number of Topliss-reactive ketones (excluding diaryl/α,β-unsaturated/α-hetero) is 1. The van der Waals surface area contributed by atoms with Crippen LogP contribution in [0.25, 0.3) is 0 Å². The zero-order chi connectivity index (χ0) is 14.2. The maximum atomic E-state index is 13.6. The molecular weight excluding hydrogens is 243 g/mol. The molecule has 1 heterocycles. The molecule has 1 fully saturated rings. The molecule has 2 rings (SSSR count). The normalized spacial score (nSPS) is 19.3. The molecule has 1 aromatic rings. The Morgan fingerprint density at radius 3 is 2.63 bits per heavy atom. The van der Waals surface area contributed by atoms with E-state index in [1.54, 1.807) is 13.0 Å². The van der Waals surface area contributed by atoms with Gasteiger partial charge in [0, 0.05) is 30.4 Å². The predicted octanol–water partition coefficient (Wildman–Crippen LogP) is 2.48. The minimum Gasteiger partial charge on any atom is -0.369 e. The van der Waals surface area contributed by atoms with E-state index in [1.807, 2.05) is 0 Å². The van der Waals surface area contributed by atoms with E-state index in [0.29, 0.717) is 17.2 Å². The van der Waals surface area contributed by atoms with Gasteiger partial charge in [-0.05, 0) is 52.1 Å². The Labute approximate surface area is 114 Å². The lowest BCUT2D eigenvalue weighted by molar-refractivity contribution is 0.101. The third-order valence-electron chi connectivity index (χ3n) is 3.89. The fourth-order valence-corrected chi connectivity index (χ4v) is 2.59. The molecule has 0 bridgehead atoms. The Kier molecular flexibility index (Phi) is 3.90. The number of nitrogens with zero attached hydrogens (tertiary/aromatic N) is 2. The maximum absolute atomic E-state index is 13.6. The first kappa shape index (κ1) is 14.0. The van der Waals surface area contributed by atoms with Crippen LogP contribution in [0.5, 0.6) is 0 Å². The van der Waals surface area contributed by atoms with Gasteiger partial charge in [0.2, 0.25) is 0 Å². The molecule has 0 amide bonds. The lowest BCUT2D eigenvalue weighted by Gasteiger charge is -2.24. The number of anilines is 1.